The first-order valence-electron chi connectivity index (χ1n) is 4.99. The summed E-state index contributed by atoms with van der Waals surface area (Å²) < 4.78 is 4.82. The lowest BCUT2D eigenvalue weighted by atomic mass is 10.2. The molecule has 0 radical (unpaired) electrons. The van der Waals surface area contributed by atoms with E-state index in [2.05, 4.69) is 22.7 Å². The molecule has 0 aromatic carbocycles. The van der Waals surface area contributed by atoms with Crippen LogP contribution in [0.15, 0.2) is 10.6 Å². The minimum Gasteiger partial charge on any atom is -0.361 e. The molecule has 1 amide bonds. The van der Waals surface area contributed by atoms with Crippen molar-refractivity contribution in [1.29, 1.82) is 0 Å². The number of aryl methyl sites for hydroxylation is 1. The molecule has 1 aromatic rings. The first-order valence-corrected chi connectivity index (χ1v) is 4.99. The van der Waals surface area contributed by atoms with Gasteiger partial charge in [0, 0.05) is 12.6 Å². The predicted molar refractivity (Wildman–Crippen MR) is 56.7 cm³/mol. The summed E-state index contributed by atoms with van der Waals surface area (Å²) in [6.45, 7) is 5.32. The number of rotatable bonds is 5. The molecule has 0 aliphatic heterocycles. The smallest absolute Gasteiger partial charge is 0.273 e. The highest BCUT2D eigenvalue weighted by Crippen LogP contribution is 2.01. The Morgan fingerprint density at radius 3 is 2.87 bits per heavy atom. The molecule has 0 saturated heterocycles. The fourth-order valence-electron chi connectivity index (χ4n) is 1.25. The predicted octanol–water partition coefficient (Wildman–Crippen LogP) is 0.568. The van der Waals surface area contributed by atoms with Gasteiger partial charge in [-0.1, -0.05) is 12.1 Å². The Hall–Kier alpha value is -1.36. The van der Waals surface area contributed by atoms with Crippen LogP contribution in [0.25, 0.3) is 0 Å². The molecule has 15 heavy (non-hydrogen) atoms. The Kier molecular flexibility index (Phi) is 4.30. The summed E-state index contributed by atoms with van der Waals surface area (Å²) in [5.41, 5.74) is 0.337. The van der Waals surface area contributed by atoms with Gasteiger partial charge in [0.05, 0.1) is 0 Å². The lowest BCUT2D eigenvalue weighted by molar-refractivity contribution is 0.0939. The van der Waals surface area contributed by atoms with E-state index in [1.807, 2.05) is 7.05 Å². The molecule has 0 fully saturated rings. The molecule has 0 aliphatic carbocycles. The van der Waals surface area contributed by atoms with Gasteiger partial charge in [-0.3, -0.25) is 4.79 Å². The number of hydrogen-bond acceptors (Lipinski definition) is 4. The largest absolute Gasteiger partial charge is 0.361 e. The number of aromatic nitrogens is 1. The normalized spacial score (nSPS) is 12.5. The van der Waals surface area contributed by atoms with Crippen LogP contribution in [0.3, 0.4) is 0 Å². The van der Waals surface area contributed by atoms with Crippen molar-refractivity contribution in [2.24, 2.45) is 5.92 Å². The zero-order valence-electron chi connectivity index (χ0n) is 9.33. The van der Waals surface area contributed by atoms with Gasteiger partial charge < -0.3 is 15.2 Å². The number of nitrogens with zero attached hydrogens (tertiary/aromatic N) is 1. The summed E-state index contributed by atoms with van der Waals surface area (Å²) in [7, 11) is 1.89. The summed E-state index contributed by atoms with van der Waals surface area (Å²) in [6, 6.07) is 1.62. The first kappa shape index (κ1) is 11.7. The molecule has 5 nitrogen and oxygen atoms in total. The van der Waals surface area contributed by atoms with Crippen LogP contribution < -0.4 is 10.6 Å². The van der Waals surface area contributed by atoms with E-state index in [1.54, 1.807) is 13.0 Å². The highest BCUT2D eigenvalue weighted by Gasteiger charge is 2.11. The van der Waals surface area contributed by atoms with E-state index in [9.17, 15) is 4.79 Å². The van der Waals surface area contributed by atoms with Crippen molar-refractivity contribution in [3.8, 4) is 0 Å². The van der Waals surface area contributed by atoms with E-state index in [1.165, 1.54) is 0 Å². The topological polar surface area (TPSA) is 67.2 Å². The average molecular weight is 211 g/mol. The van der Waals surface area contributed by atoms with E-state index in [0.717, 1.165) is 6.54 Å². The van der Waals surface area contributed by atoms with Gasteiger partial charge in [-0.05, 0) is 26.4 Å². The van der Waals surface area contributed by atoms with Crippen LogP contribution in [0.2, 0.25) is 0 Å². The van der Waals surface area contributed by atoms with E-state index in [0.29, 0.717) is 23.9 Å². The zero-order valence-corrected chi connectivity index (χ0v) is 9.33. The van der Waals surface area contributed by atoms with E-state index in [-0.39, 0.29) is 5.91 Å². The number of carbonyl (C=O) groups is 1. The third kappa shape index (κ3) is 3.71. The average Bonchev–Trinajstić information content (AvgIpc) is 2.62. The molecule has 0 bridgehead atoms. The summed E-state index contributed by atoms with van der Waals surface area (Å²) in [6.07, 6.45) is 0. The van der Waals surface area contributed by atoms with E-state index >= 15 is 0 Å². The Bertz CT molecular complexity index is 322. The van der Waals surface area contributed by atoms with Gasteiger partial charge in [-0.25, -0.2) is 0 Å². The molecule has 1 aromatic heterocycles. The molecule has 0 aliphatic rings. The molecule has 1 atom stereocenters. The van der Waals surface area contributed by atoms with Gasteiger partial charge in [0.1, 0.15) is 5.76 Å². The molecule has 5 heteroatoms. The molecule has 2 N–H and O–H groups in total. The van der Waals surface area contributed by atoms with E-state index in [4.69, 9.17) is 4.52 Å². The second kappa shape index (κ2) is 5.50. The highest BCUT2D eigenvalue weighted by atomic mass is 16.5. The maximum absolute atomic E-state index is 11.5. The molecule has 1 rings (SSSR count). The van der Waals surface area contributed by atoms with Crippen LogP contribution >= 0.6 is 0 Å². The Labute approximate surface area is 89.2 Å². The van der Waals surface area contributed by atoms with Crippen molar-refractivity contribution >= 4 is 5.91 Å². The summed E-state index contributed by atoms with van der Waals surface area (Å²) in [5, 5.41) is 9.48. The number of carbonyl (C=O) groups excluding carboxylic acids is 1. The van der Waals surface area contributed by atoms with Crippen molar-refractivity contribution < 1.29 is 9.32 Å². The quantitative estimate of drug-likeness (QED) is 0.747. The lowest BCUT2D eigenvalue weighted by Gasteiger charge is -2.10. The van der Waals surface area contributed by atoms with Gasteiger partial charge >= 0.3 is 0 Å². The third-order valence-electron chi connectivity index (χ3n) is 2.02. The van der Waals surface area contributed by atoms with Crippen LogP contribution in [0.5, 0.6) is 0 Å². The molecular weight excluding hydrogens is 194 g/mol. The molecular formula is C10H17N3O2. The molecule has 0 spiro atoms. The Balaban J connectivity index is 2.36. The lowest BCUT2D eigenvalue weighted by Crippen LogP contribution is -2.32. The van der Waals surface area contributed by atoms with Crippen LogP contribution in [0.1, 0.15) is 23.2 Å². The van der Waals surface area contributed by atoms with Crippen molar-refractivity contribution in [3.63, 3.8) is 0 Å². The van der Waals surface area contributed by atoms with Gasteiger partial charge in [0.25, 0.3) is 5.91 Å². The first-order chi connectivity index (χ1) is 7.13. The minimum atomic E-state index is -0.185. The maximum Gasteiger partial charge on any atom is 0.273 e. The van der Waals surface area contributed by atoms with Crippen molar-refractivity contribution in [2.45, 2.75) is 13.8 Å². The van der Waals surface area contributed by atoms with Gasteiger partial charge in [-0.15, -0.1) is 0 Å². The summed E-state index contributed by atoms with van der Waals surface area (Å²) in [4.78, 5) is 11.5. The van der Waals surface area contributed by atoms with Gasteiger partial charge in [-0.2, -0.15) is 0 Å². The molecule has 0 unspecified atom stereocenters. The van der Waals surface area contributed by atoms with Gasteiger partial charge in [0.2, 0.25) is 0 Å². The van der Waals surface area contributed by atoms with E-state index < -0.39 is 0 Å². The fourth-order valence-corrected chi connectivity index (χ4v) is 1.25. The van der Waals surface area contributed by atoms with Crippen LogP contribution in [0, 0.1) is 12.8 Å². The highest BCUT2D eigenvalue weighted by molar-refractivity contribution is 5.92. The fraction of sp³-hybridized carbons (Fsp3) is 0.600. The van der Waals surface area contributed by atoms with Crippen LogP contribution in [0.4, 0.5) is 0 Å². The van der Waals surface area contributed by atoms with Crippen LogP contribution in [-0.4, -0.2) is 31.2 Å². The molecule has 1 heterocycles. The van der Waals surface area contributed by atoms with Crippen LogP contribution in [-0.2, 0) is 0 Å². The number of amides is 1. The second-order valence-electron chi connectivity index (χ2n) is 3.70. The van der Waals surface area contributed by atoms with Gasteiger partial charge in [0.15, 0.2) is 5.69 Å². The van der Waals surface area contributed by atoms with Crippen molar-refractivity contribution in [1.82, 2.24) is 15.8 Å². The minimum absolute atomic E-state index is 0.185. The van der Waals surface area contributed by atoms with Crippen molar-refractivity contribution in [3.05, 3.63) is 17.5 Å². The number of nitrogens with one attached hydrogen (secondary N) is 2. The molecule has 0 saturated carbocycles. The zero-order chi connectivity index (χ0) is 11.3. The Morgan fingerprint density at radius 2 is 2.33 bits per heavy atom. The maximum atomic E-state index is 11.5. The second-order valence-corrected chi connectivity index (χ2v) is 3.70. The summed E-state index contributed by atoms with van der Waals surface area (Å²) in [5.74, 6) is 0.852. The third-order valence-corrected chi connectivity index (χ3v) is 2.02. The Morgan fingerprint density at radius 1 is 1.60 bits per heavy atom. The summed E-state index contributed by atoms with van der Waals surface area (Å²) >= 11 is 0. The molecule has 84 valence electrons. The monoisotopic (exact) mass is 211 g/mol. The van der Waals surface area contributed by atoms with Crippen molar-refractivity contribution in [2.75, 3.05) is 20.1 Å². The number of hydrogen-bond donors (Lipinski definition) is 2. The SMILES string of the molecule is CNC[C@H](C)CNC(=O)c1cc(C)on1. The standard InChI is InChI=1S/C10H17N3O2/c1-7(5-11-3)6-12-10(14)9-4-8(2)15-13-9/h4,7,11H,5-6H2,1-3H3,(H,12,14)/t7-/m0/s1.